The number of halogens is 2. The molecule has 0 spiro atoms. The monoisotopic (exact) mass is 505 g/mol. The van der Waals surface area contributed by atoms with Crippen molar-refractivity contribution in [2.24, 2.45) is 10.7 Å². The van der Waals surface area contributed by atoms with Crippen molar-refractivity contribution in [3.63, 3.8) is 0 Å². The fourth-order valence-electron chi connectivity index (χ4n) is 2.34. The number of methoxy groups -OCH3 is 1. The number of benzene rings is 2. The minimum absolute atomic E-state index is 0. The summed E-state index contributed by atoms with van der Waals surface area (Å²) in [6.45, 7) is 5.33. The second-order valence-corrected chi connectivity index (χ2v) is 5.74. The van der Waals surface area contributed by atoms with Crippen LogP contribution in [-0.2, 0) is 6.54 Å². The van der Waals surface area contributed by atoms with Crippen molar-refractivity contribution in [3.8, 4) is 17.2 Å². The molecule has 0 bridgehead atoms. The Morgan fingerprint density at radius 1 is 1.07 bits per heavy atom. The third kappa shape index (κ3) is 6.99. The van der Waals surface area contributed by atoms with Gasteiger partial charge in [0.05, 0.1) is 32.6 Å². The van der Waals surface area contributed by atoms with Crippen LogP contribution in [0.25, 0.3) is 0 Å². The van der Waals surface area contributed by atoms with E-state index >= 15 is 0 Å². The maximum atomic E-state index is 6.04. The summed E-state index contributed by atoms with van der Waals surface area (Å²) in [5.41, 5.74) is 7.62. The van der Waals surface area contributed by atoms with Crippen LogP contribution in [0.2, 0.25) is 5.02 Å². The number of hydrogen-bond donors (Lipinski definition) is 2. The highest BCUT2D eigenvalue weighted by atomic mass is 127. The van der Waals surface area contributed by atoms with Gasteiger partial charge in [0.25, 0.3) is 0 Å². The van der Waals surface area contributed by atoms with E-state index in [4.69, 9.17) is 31.5 Å². The molecule has 8 heteroatoms. The Morgan fingerprint density at radius 2 is 1.81 bits per heavy atom. The first kappa shape index (κ1) is 23.2. The molecule has 2 rings (SSSR count). The number of aliphatic imine (C=N–C) groups is 1. The van der Waals surface area contributed by atoms with Crippen molar-refractivity contribution < 1.29 is 14.2 Å². The molecule has 3 N–H and O–H groups in total. The van der Waals surface area contributed by atoms with Crippen LogP contribution in [-0.4, -0.2) is 26.3 Å². The molecular weight excluding hydrogens is 481 g/mol. The lowest BCUT2D eigenvalue weighted by Crippen LogP contribution is -2.23. The summed E-state index contributed by atoms with van der Waals surface area (Å²) < 4.78 is 16.5. The highest BCUT2D eigenvalue weighted by Crippen LogP contribution is 2.29. The highest BCUT2D eigenvalue weighted by molar-refractivity contribution is 14.0. The van der Waals surface area contributed by atoms with Crippen LogP contribution < -0.4 is 25.3 Å². The Labute approximate surface area is 182 Å². The van der Waals surface area contributed by atoms with Gasteiger partial charge in [-0.15, -0.1) is 24.0 Å². The molecular formula is C19H25ClIN3O3. The number of nitrogens with two attached hydrogens (primary N) is 1. The summed E-state index contributed by atoms with van der Waals surface area (Å²) in [5.74, 6) is 2.34. The SMILES string of the molecule is CCOc1ccc(OCC)c(NC(N)=NCc2ccc(Cl)cc2OC)c1.I. The molecule has 0 heterocycles. The minimum atomic E-state index is 0. The van der Waals surface area contributed by atoms with Crippen molar-refractivity contribution in [3.05, 3.63) is 47.0 Å². The van der Waals surface area contributed by atoms with Gasteiger partial charge in [-0.25, -0.2) is 4.99 Å². The Bertz CT molecular complexity index is 772. The molecule has 0 aliphatic rings. The average Bonchev–Trinajstić information content (AvgIpc) is 2.63. The molecule has 0 aliphatic carbocycles. The zero-order chi connectivity index (χ0) is 18.9. The van der Waals surface area contributed by atoms with Gasteiger partial charge in [0.1, 0.15) is 17.2 Å². The second-order valence-electron chi connectivity index (χ2n) is 5.31. The number of ether oxygens (including phenoxy) is 3. The van der Waals surface area contributed by atoms with Crippen molar-refractivity contribution in [2.75, 3.05) is 25.6 Å². The summed E-state index contributed by atoms with van der Waals surface area (Å²) >= 11 is 5.97. The van der Waals surface area contributed by atoms with Crippen LogP contribution >= 0.6 is 35.6 Å². The Balaban J connectivity index is 0.00000364. The maximum absolute atomic E-state index is 6.04. The van der Waals surface area contributed by atoms with E-state index in [0.29, 0.717) is 42.0 Å². The second kappa shape index (κ2) is 11.8. The molecule has 0 fully saturated rings. The summed E-state index contributed by atoms with van der Waals surface area (Å²) in [4.78, 5) is 4.37. The molecule has 0 saturated heterocycles. The van der Waals surface area contributed by atoms with Crippen molar-refractivity contribution in [2.45, 2.75) is 20.4 Å². The Hall–Kier alpha value is -1.87. The summed E-state index contributed by atoms with van der Waals surface area (Å²) in [6.07, 6.45) is 0. The first-order chi connectivity index (χ1) is 12.6. The van der Waals surface area contributed by atoms with E-state index in [-0.39, 0.29) is 29.9 Å². The van der Waals surface area contributed by atoms with Crippen molar-refractivity contribution >= 4 is 47.2 Å². The van der Waals surface area contributed by atoms with Crippen LogP contribution in [0.1, 0.15) is 19.4 Å². The fourth-order valence-corrected chi connectivity index (χ4v) is 2.50. The molecule has 0 amide bonds. The molecule has 0 aromatic heterocycles. The Morgan fingerprint density at radius 3 is 2.48 bits per heavy atom. The van der Waals surface area contributed by atoms with E-state index in [1.807, 2.05) is 38.1 Å². The molecule has 6 nitrogen and oxygen atoms in total. The number of rotatable bonds is 8. The number of anilines is 1. The summed E-state index contributed by atoms with van der Waals surface area (Å²) in [7, 11) is 1.59. The first-order valence-electron chi connectivity index (χ1n) is 8.36. The van der Waals surface area contributed by atoms with Crippen LogP contribution in [0.4, 0.5) is 5.69 Å². The number of hydrogen-bond acceptors (Lipinski definition) is 4. The van der Waals surface area contributed by atoms with E-state index in [0.717, 1.165) is 11.3 Å². The quantitative estimate of drug-likeness (QED) is 0.309. The predicted octanol–water partition coefficient (Wildman–Crippen LogP) is 4.69. The van der Waals surface area contributed by atoms with Gasteiger partial charge in [0.15, 0.2) is 5.96 Å². The third-order valence-electron chi connectivity index (χ3n) is 3.49. The average molecular weight is 506 g/mol. The van der Waals surface area contributed by atoms with Gasteiger partial charge in [0, 0.05) is 16.7 Å². The van der Waals surface area contributed by atoms with Gasteiger partial charge < -0.3 is 25.3 Å². The number of nitrogens with zero attached hydrogens (tertiary/aromatic N) is 1. The van der Waals surface area contributed by atoms with Crippen LogP contribution in [0.15, 0.2) is 41.4 Å². The third-order valence-corrected chi connectivity index (χ3v) is 3.73. The minimum Gasteiger partial charge on any atom is -0.496 e. The largest absolute Gasteiger partial charge is 0.496 e. The van der Waals surface area contributed by atoms with Crippen LogP contribution in [0, 0.1) is 0 Å². The van der Waals surface area contributed by atoms with Crippen molar-refractivity contribution in [1.29, 1.82) is 0 Å². The van der Waals surface area contributed by atoms with Crippen molar-refractivity contribution in [1.82, 2.24) is 0 Å². The molecule has 2 aromatic carbocycles. The molecule has 2 aromatic rings. The van der Waals surface area contributed by atoms with Gasteiger partial charge >= 0.3 is 0 Å². The molecule has 0 aliphatic heterocycles. The topological polar surface area (TPSA) is 78.1 Å². The van der Waals surface area contributed by atoms with E-state index in [2.05, 4.69) is 10.3 Å². The number of guanidine groups is 1. The summed E-state index contributed by atoms with van der Waals surface area (Å²) in [6, 6.07) is 10.9. The smallest absolute Gasteiger partial charge is 0.193 e. The maximum Gasteiger partial charge on any atom is 0.193 e. The van der Waals surface area contributed by atoms with E-state index < -0.39 is 0 Å². The normalized spacial score (nSPS) is 10.7. The number of nitrogens with one attached hydrogen (secondary N) is 1. The van der Waals surface area contributed by atoms with Gasteiger partial charge in [-0.05, 0) is 38.1 Å². The summed E-state index contributed by atoms with van der Waals surface area (Å²) in [5, 5.41) is 3.68. The lowest BCUT2D eigenvalue weighted by molar-refractivity contribution is 0.332. The molecule has 0 saturated carbocycles. The zero-order valence-corrected chi connectivity index (χ0v) is 18.7. The van der Waals surface area contributed by atoms with Gasteiger partial charge in [0.2, 0.25) is 0 Å². The van der Waals surface area contributed by atoms with E-state index in [9.17, 15) is 0 Å². The van der Waals surface area contributed by atoms with E-state index in [1.165, 1.54) is 0 Å². The zero-order valence-electron chi connectivity index (χ0n) is 15.6. The van der Waals surface area contributed by atoms with E-state index in [1.54, 1.807) is 19.2 Å². The molecule has 0 atom stereocenters. The van der Waals surface area contributed by atoms with Gasteiger partial charge in [-0.3, -0.25) is 0 Å². The first-order valence-corrected chi connectivity index (χ1v) is 8.74. The molecule has 27 heavy (non-hydrogen) atoms. The van der Waals surface area contributed by atoms with Crippen LogP contribution in [0.3, 0.4) is 0 Å². The molecule has 0 radical (unpaired) electrons. The Kier molecular flexibility index (Phi) is 10.1. The highest BCUT2D eigenvalue weighted by Gasteiger charge is 2.08. The van der Waals surface area contributed by atoms with Crippen LogP contribution in [0.5, 0.6) is 17.2 Å². The van der Waals surface area contributed by atoms with Gasteiger partial charge in [-0.2, -0.15) is 0 Å². The lowest BCUT2D eigenvalue weighted by Gasteiger charge is -2.14. The molecule has 148 valence electrons. The standard InChI is InChI=1S/C19H24ClN3O3.HI/c1-4-25-15-8-9-17(26-5-2)16(11-15)23-19(21)22-12-13-6-7-14(20)10-18(13)24-3;/h6-11H,4-5,12H2,1-3H3,(H3,21,22,23);1H. The van der Waals surface area contributed by atoms with Gasteiger partial charge in [-0.1, -0.05) is 17.7 Å². The fraction of sp³-hybridized carbons (Fsp3) is 0.316. The predicted molar refractivity (Wildman–Crippen MR) is 121 cm³/mol. The lowest BCUT2D eigenvalue weighted by atomic mass is 10.2. The molecule has 0 unspecified atom stereocenters.